The van der Waals surface area contributed by atoms with E-state index in [4.69, 9.17) is 28.2 Å². The van der Waals surface area contributed by atoms with Crippen molar-refractivity contribution in [3.05, 3.63) is 82.2 Å². The molecule has 0 unspecified atom stereocenters. The first kappa shape index (κ1) is 18.0. The fourth-order valence-electron chi connectivity index (χ4n) is 2.63. The van der Waals surface area contributed by atoms with E-state index < -0.39 is 5.82 Å². The van der Waals surface area contributed by atoms with Gasteiger partial charge in [-0.3, -0.25) is 9.69 Å². The molecule has 0 saturated carbocycles. The van der Waals surface area contributed by atoms with Crippen LogP contribution in [0, 0.1) is 5.82 Å². The molecule has 2 aromatic carbocycles. The molecule has 0 spiro atoms. The van der Waals surface area contributed by atoms with Crippen LogP contribution in [-0.4, -0.2) is 10.2 Å². The van der Waals surface area contributed by atoms with Gasteiger partial charge in [-0.25, -0.2) is 4.39 Å². The van der Waals surface area contributed by atoms with E-state index in [0.29, 0.717) is 26.4 Å². The molecule has 7 heteroatoms. The number of benzene rings is 2. The predicted octanol–water partition coefficient (Wildman–Crippen LogP) is 6.14. The molecule has 0 N–H and O–H groups in total. The van der Waals surface area contributed by atoms with E-state index in [-0.39, 0.29) is 10.9 Å². The van der Waals surface area contributed by atoms with Gasteiger partial charge in [0.2, 0.25) is 0 Å². The maximum absolute atomic E-state index is 13.4. The van der Waals surface area contributed by atoms with E-state index in [9.17, 15) is 9.18 Å². The molecule has 27 heavy (non-hydrogen) atoms. The molecule has 1 amide bonds. The first-order chi connectivity index (χ1) is 13.0. The number of halogens is 2. The van der Waals surface area contributed by atoms with Gasteiger partial charge in [-0.2, -0.15) is 0 Å². The molecule has 0 radical (unpaired) electrons. The van der Waals surface area contributed by atoms with Crippen LogP contribution in [0.4, 0.5) is 10.1 Å². The number of carbonyl (C=O) groups is 1. The number of anilines is 1. The normalized spacial score (nSPS) is 15.8. The van der Waals surface area contributed by atoms with E-state index in [2.05, 4.69) is 0 Å². The summed E-state index contributed by atoms with van der Waals surface area (Å²) in [4.78, 5) is 14.5. The molecule has 1 aliphatic heterocycles. The second-order valence-corrected chi connectivity index (χ2v) is 7.77. The number of rotatable bonds is 3. The third kappa shape index (κ3) is 3.56. The number of furan rings is 1. The van der Waals surface area contributed by atoms with Gasteiger partial charge < -0.3 is 4.42 Å². The third-order valence-electron chi connectivity index (χ3n) is 3.91. The molecule has 3 aromatic rings. The molecule has 1 aromatic heterocycles. The molecule has 1 aliphatic rings. The van der Waals surface area contributed by atoms with Crippen molar-refractivity contribution in [2.45, 2.75) is 0 Å². The second-order valence-electron chi connectivity index (χ2n) is 5.68. The smallest absolute Gasteiger partial charge is 0.270 e. The van der Waals surface area contributed by atoms with E-state index in [1.807, 2.05) is 36.4 Å². The zero-order chi connectivity index (χ0) is 19.0. The number of hydrogen-bond acceptors (Lipinski definition) is 4. The number of hydrogen-bond donors (Lipinski definition) is 0. The monoisotopic (exact) mass is 415 g/mol. The molecule has 1 fully saturated rings. The molecule has 134 valence electrons. The summed E-state index contributed by atoms with van der Waals surface area (Å²) in [6, 6.07) is 17.4. The Morgan fingerprint density at radius 1 is 1.11 bits per heavy atom. The van der Waals surface area contributed by atoms with Crippen LogP contribution in [-0.2, 0) is 4.79 Å². The summed E-state index contributed by atoms with van der Waals surface area (Å²) >= 11 is 12.3. The van der Waals surface area contributed by atoms with Crippen molar-refractivity contribution in [1.29, 1.82) is 0 Å². The van der Waals surface area contributed by atoms with Crippen LogP contribution in [0.2, 0.25) is 5.02 Å². The van der Waals surface area contributed by atoms with Crippen molar-refractivity contribution < 1.29 is 13.6 Å². The molecular formula is C20H11ClFNO2S2. The van der Waals surface area contributed by atoms with E-state index in [1.54, 1.807) is 12.1 Å². The summed E-state index contributed by atoms with van der Waals surface area (Å²) < 4.78 is 19.6. The number of thiocarbonyl (C=S) groups is 1. The van der Waals surface area contributed by atoms with Crippen molar-refractivity contribution in [2.24, 2.45) is 0 Å². The SMILES string of the molecule is O=C1C(=Cc2ccc(-c3ccccc3)o2)SC(=S)N1c1ccc(F)c(Cl)c1. The Balaban J connectivity index is 1.62. The average Bonchev–Trinajstić information content (AvgIpc) is 3.23. The highest BCUT2D eigenvalue weighted by molar-refractivity contribution is 8.27. The van der Waals surface area contributed by atoms with Crippen LogP contribution in [0.3, 0.4) is 0 Å². The van der Waals surface area contributed by atoms with E-state index >= 15 is 0 Å². The van der Waals surface area contributed by atoms with Crippen molar-refractivity contribution in [3.63, 3.8) is 0 Å². The maximum atomic E-state index is 13.4. The number of amides is 1. The lowest BCUT2D eigenvalue weighted by molar-refractivity contribution is -0.113. The summed E-state index contributed by atoms with van der Waals surface area (Å²) in [5.41, 5.74) is 1.38. The van der Waals surface area contributed by atoms with E-state index in [1.165, 1.54) is 23.1 Å². The van der Waals surface area contributed by atoms with Crippen LogP contribution in [0.5, 0.6) is 0 Å². The molecule has 0 bridgehead atoms. The van der Waals surface area contributed by atoms with Crippen molar-refractivity contribution in [1.82, 2.24) is 0 Å². The topological polar surface area (TPSA) is 33.5 Å². The van der Waals surface area contributed by atoms with Gasteiger partial charge in [0.1, 0.15) is 17.3 Å². The Morgan fingerprint density at radius 2 is 1.89 bits per heavy atom. The van der Waals surface area contributed by atoms with Crippen LogP contribution < -0.4 is 4.90 Å². The third-order valence-corrected chi connectivity index (χ3v) is 5.51. The quantitative estimate of drug-likeness (QED) is 0.379. The van der Waals surface area contributed by atoms with Crippen LogP contribution in [0.15, 0.2) is 70.0 Å². The number of thioether (sulfide) groups is 1. The zero-order valence-corrected chi connectivity index (χ0v) is 16.1. The fourth-order valence-corrected chi connectivity index (χ4v) is 4.09. The van der Waals surface area contributed by atoms with Crippen molar-refractivity contribution in [3.8, 4) is 11.3 Å². The Morgan fingerprint density at radius 3 is 2.63 bits per heavy atom. The Bertz CT molecular complexity index is 1080. The maximum Gasteiger partial charge on any atom is 0.270 e. The molecule has 3 nitrogen and oxygen atoms in total. The first-order valence-electron chi connectivity index (χ1n) is 7.91. The summed E-state index contributed by atoms with van der Waals surface area (Å²) in [7, 11) is 0. The largest absolute Gasteiger partial charge is 0.457 e. The molecule has 2 heterocycles. The highest BCUT2D eigenvalue weighted by atomic mass is 35.5. The number of carbonyl (C=O) groups excluding carboxylic acids is 1. The minimum absolute atomic E-state index is 0.0657. The summed E-state index contributed by atoms with van der Waals surface area (Å²) in [6.45, 7) is 0. The van der Waals surface area contributed by atoms with Crippen LogP contribution in [0.1, 0.15) is 5.76 Å². The molecular weight excluding hydrogens is 405 g/mol. The first-order valence-corrected chi connectivity index (χ1v) is 9.51. The standard InChI is InChI=1S/C20H11ClFNO2S2/c21-15-10-13(6-8-16(15)22)23-19(24)18(27-20(23)26)11-14-7-9-17(25-14)12-4-2-1-3-5-12/h1-11H. The molecule has 0 aliphatic carbocycles. The van der Waals surface area contributed by atoms with Crippen LogP contribution in [0.25, 0.3) is 17.4 Å². The highest BCUT2D eigenvalue weighted by Crippen LogP contribution is 2.37. The lowest BCUT2D eigenvalue weighted by Gasteiger charge is -2.14. The summed E-state index contributed by atoms with van der Waals surface area (Å²) in [5.74, 6) is 0.407. The minimum atomic E-state index is -0.551. The van der Waals surface area contributed by atoms with Crippen molar-refractivity contribution >= 4 is 57.6 Å². The Kier molecular flexibility index (Phi) is 4.86. The van der Waals surface area contributed by atoms with Gasteiger partial charge >= 0.3 is 0 Å². The highest BCUT2D eigenvalue weighted by Gasteiger charge is 2.33. The molecule has 4 rings (SSSR count). The van der Waals surface area contributed by atoms with Gasteiger partial charge in [-0.15, -0.1) is 0 Å². The lowest BCUT2D eigenvalue weighted by atomic mass is 10.2. The summed E-state index contributed by atoms with van der Waals surface area (Å²) in [5, 5.41) is -0.0657. The van der Waals surface area contributed by atoms with Gasteiger partial charge in [0.25, 0.3) is 5.91 Å². The Hall–Kier alpha value is -2.41. The lowest BCUT2D eigenvalue weighted by Crippen LogP contribution is -2.27. The average molecular weight is 416 g/mol. The van der Waals surface area contributed by atoms with Gasteiger partial charge in [-0.05, 0) is 30.3 Å². The van der Waals surface area contributed by atoms with E-state index in [0.717, 1.165) is 17.3 Å². The van der Waals surface area contributed by atoms with Gasteiger partial charge in [0.15, 0.2) is 4.32 Å². The molecule has 0 atom stereocenters. The van der Waals surface area contributed by atoms with Crippen LogP contribution >= 0.6 is 35.6 Å². The zero-order valence-electron chi connectivity index (χ0n) is 13.7. The second kappa shape index (κ2) is 7.31. The molecule has 1 saturated heterocycles. The summed E-state index contributed by atoms with van der Waals surface area (Å²) in [6.07, 6.45) is 1.65. The van der Waals surface area contributed by atoms with Gasteiger partial charge in [0.05, 0.1) is 15.6 Å². The Labute approximate surface area is 169 Å². The predicted molar refractivity (Wildman–Crippen MR) is 111 cm³/mol. The van der Waals surface area contributed by atoms with Gasteiger partial charge in [-0.1, -0.05) is 65.9 Å². The minimum Gasteiger partial charge on any atom is -0.457 e. The fraction of sp³-hybridized carbons (Fsp3) is 0. The van der Waals surface area contributed by atoms with Crippen molar-refractivity contribution in [2.75, 3.05) is 4.90 Å². The van der Waals surface area contributed by atoms with Gasteiger partial charge in [0, 0.05) is 11.6 Å². The number of nitrogens with zero attached hydrogens (tertiary/aromatic N) is 1.